The summed E-state index contributed by atoms with van der Waals surface area (Å²) in [7, 11) is 0. The molecule has 19 heavy (non-hydrogen) atoms. The first kappa shape index (κ1) is 14.5. The molecule has 1 aliphatic heterocycles. The summed E-state index contributed by atoms with van der Waals surface area (Å²) in [6.45, 7) is 4.79. The maximum absolute atomic E-state index is 9.89. The van der Waals surface area contributed by atoms with Gasteiger partial charge in [-0.2, -0.15) is 0 Å². The highest BCUT2D eigenvalue weighted by molar-refractivity contribution is 5.20. The number of hydrogen-bond acceptors (Lipinski definition) is 2. The summed E-state index contributed by atoms with van der Waals surface area (Å²) in [5.74, 6) is 0. The fourth-order valence-electron chi connectivity index (χ4n) is 3.54. The molecule has 0 aliphatic carbocycles. The molecule has 1 saturated heterocycles. The predicted molar refractivity (Wildman–Crippen MR) is 80.1 cm³/mol. The molecule has 0 amide bonds. The van der Waals surface area contributed by atoms with Crippen molar-refractivity contribution in [2.75, 3.05) is 6.61 Å². The van der Waals surface area contributed by atoms with Crippen LogP contribution in [0.5, 0.6) is 0 Å². The quantitative estimate of drug-likeness (QED) is 0.872. The lowest BCUT2D eigenvalue weighted by Crippen LogP contribution is -2.48. The van der Waals surface area contributed by atoms with Gasteiger partial charge >= 0.3 is 0 Å². The lowest BCUT2D eigenvalue weighted by molar-refractivity contribution is 0.0137. The molecule has 1 aliphatic rings. The summed E-state index contributed by atoms with van der Waals surface area (Å²) in [4.78, 5) is 2.57. The molecule has 0 unspecified atom stereocenters. The molecule has 106 valence electrons. The van der Waals surface area contributed by atoms with Crippen molar-refractivity contribution in [2.45, 2.75) is 64.1 Å². The average Bonchev–Trinajstić information content (AvgIpc) is 2.44. The number of benzene rings is 1. The number of aliphatic hydroxyl groups excluding tert-OH is 1. The van der Waals surface area contributed by atoms with Gasteiger partial charge in [-0.1, -0.05) is 50.1 Å². The standard InChI is InChI=1S/C17H27NO/c1-3-8-16-12-7-9-14(2)18(16)17(13-19)15-10-5-4-6-11-15/h4-6,10-11,14,16-17,19H,3,7-9,12-13H2,1-2H3/t14-,16+,17-/m0/s1. The van der Waals surface area contributed by atoms with Crippen molar-refractivity contribution in [1.82, 2.24) is 4.90 Å². The van der Waals surface area contributed by atoms with Gasteiger partial charge in [-0.05, 0) is 31.7 Å². The molecule has 0 radical (unpaired) electrons. The molecule has 2 heteroatoms. The van der Waals surface area contributed by atoms with E-state index in [1.165, 1.54) is 37.7 Å². The molecular weight excluding hydrogens is 234 g/mol. The second-order valence-corrected chi connectivity index (χ2v) is 5.78. The Balaban J connectivity index is 2.22. The number of nitrogens with zero attached hydrogens (tertiary/aromatic N) is 1. The van der Waals surface area contributed by atoms with Gasteiger partial charge in [0.2, 0.25) is 0 Å². The third-order valence-electron chi connectivity index (χ3n) is 4.43. The molecular formula is C17H27NO. The first-order chi connectivity index (χ1) is 9.27. The van der Waals surface area contributed by atoms with Crippen LogP contribution in [-0.2, 0) is 0 Å². The fourth-order valence-corrected chi connectivity index (χ4v) is 3.54. The van der Waals surface area contributed by atoms with Crippen LogP contribution in [0, 0.1) is 0 Å². The zero-order valence-electron chi connectivity index (χ0n) is 12.3. The molecule has 1 fully saturated rings. The van der Waals surface area contributed by atoms with Crippen molar-refractivity contribution in [2.24, 2.45) is 0 Å². The second kappa shape index (κ2) is 7.06. The van der Waals surface area contributed by atoms with E-state index in [-0.39, 0.29) is 12.6 Å². The molecule has 0 saturated carbocycles. The molecule has 0 bridgehead atoms. The average molecular weight is 261 g/mol. The fraction of sp³-hybridized carbons (Fsp3) is 0.647. The minimum Gasteiger partial charge on any atom is -0.394 e. The monoisotopic (exact) mass is 261 g/mol. The topological polar surface area (TPSA) is 23.5 Å². The molecule has 1 N–H and O–H groups in total. The van der Waals surface area contributed by atoms with Gasteiger partial charge in [-0.3, -0.25) is 4.90 Å². The highest BCUT2D eigenvalue weighted by Gasteiger charge is 2.33. The number of hydrogen-bond donors (Lipinski definition) is 1. The SMILES string of the molecule is CCC[C@@H]1CCC[C@H](C)N1[C@@H](CO)c1ccccc1. The Morgan fingerprint density at radius 3 is 2.63 bits per heavy atom. The van der Waals surface area contributed by atoms with E-state index in [2.05, 4.69) is 43.0 Å². The van der Waals surface area contributed by atoms with Crippen LogP contribution in [0.3, 0.4) is 0 Å². The second-order valence-electron chi connectivity index (χ2n) is 5.78. The van der Waals surface area contributed by atoms with Crippen molar-refractivity contribution in [3.8, 4) is 0 Å². The van der Waals surface area contributed by atoms with E-state index in [0.717, 1.165) is 0 Å². The number of rotatable bonds is 5. The van der Waals surface area contributed by atoms with Crippen molar-refractivity contribution >= 4 is 0 Å². The molecule has 3 atom stereocenters. The third kappa shape index (κ3) is 3.37. The van der Waals surface area contributed by atoms with Gasteiger partial charge in [0.1, 0.15) is 0 Å². The van der Waals surface area contributed by atoms with Crippen LogP contribution in [0.25, 0.3) is 0 Å². The Bertz CT molecular complexity index is 363. The van der Waals surface area contributed by atoms with Gasteiger partial charge in [-0.25, -0.2) is 0 Å². The smallest absolute Gasteiger partial charge is 0.0628 e. The highest BCUT2D eigenvalue weighted by atomic mass is 16.3. The summed E-state index contributed by atoms with van der Waals surface area (Å²) < 4.78 is 0. The first-order valence-electron chi connectivity index (χ1n) is 7.71. The summed E-state index contributed by atoms with van der Waals surface area (Å²) in [5.41, 5.74) is 1.25. The Morgan fingerprint density at radius 1 is 1.26 bits per heavy atom. The van der Waals surface area contributed by atoms with Crippen molar-refractivity contribution in [1.29, 1.82) is 0 Å². The van der Waals surface area contributed by atoms with Crippen molar-refractivity contribution < 1.29 is 5.11 Å². The van der Waals surface area contributed by atoms with E-state index in [1.807, 2.05) is 6.07 Å². The van der Waals surface area contributed by atoms with Gasteiger partial charge in [0.25, 0.3) is 0 Å². The largest absolute Gasteiger partial charge is 0.394 e. The summed E-state index contributed by atoms with van der Waals surface area (Å²) in [6.07, 6.45) is 6.33. The zero-order chi connectivity index (χ0) is 13.7. The van der Waals surface area contributed by atoms with Crippen LogP contribution >= 0.6 is 0 Å². The lowest BCUT2D eigenvalue weighted by Gasteiger charge is -2.45. The molecule has 1 aromatic rings. The van der Waals surface area contributed by atoms with E-state index in [1.54, 1.807) is 0 Å². The summed E-state index contributed by atoms with van der Waals surface area (Å²) in [6, 6.07) is 11.8. The van der Waals surface area contributed by atoms with Crippen molar-refractivity contribution in [3.05, 3.63) is 35.9 Å². The van der Waals surface area contributed by atoms with Crippen LogP contribution < -0.4 is 0 Å². The molecule has 1 heterocycles. The van der Waals surface area contributed by atoms with E-state index in [9.17, 15) is 5.11 Å². The first-order valence-corrected chi connectivity index (χ1v) is 7.71. The van der Waals surface area contributed by atoms with E-state index in [0.29, 0.717) is 12.1 Å². The minimum atomic E-state index is 0.160. The van der Waals surface area contributed by atoms with Gasteiger partial charge in [0, 0.05) is 12.1 Å². The van der Waals surface area contributed by atoms with E-state index < -0.39 is 0 Å². The Labute approximate surface area is 117 Å². The van der Waals surface area contributed by atoms with Gasteiger partial charge in [0.15, 0.2) is 0 Å². The number of aliphatic hydroxyl groups is 1. The minimum absolute atomic E-state index is 0.160. The highest BCUT2D eigenvalue weighted by Crippen LogP contribution is 2.34. The predicted octanol–water partition coefficient (Wildman–Crippen LogP) is 3.76. The maximum Gasteiger partial charge on any atom is 0.0628 e. The van der Waals surface area contributed by atoms with Gasteiger partial charge in [0.05, 0.1) is 12.6 Å². The van der Waals surface area contributed by atoms with Crippen molar-refractivity contribution in [3.63, 3.8) is 0 Å². The maximum atomic E-state index is 9.89. The Morgan fingerprint density at radius 2 is 2.00 bits per heavy atom. The van der Waals surface area contributed by atoms with Crippen LogP contribution in [0.1, 0.15) is 57.6 Å². The third-order valence-corrected chi connectivity index (χ3v) is 4.43. The normalized spacial score (nSPS) is 26.3. The van der Waals surface area contributed by atoms with Crippen LogP contribution in [0.2, 0.25) is 0 Å². The summed E-state index contributed by atoms with van der Waals surface area (Å²) in [5, 5.41) is 9.89. The summed E-state index contributed by atoms with van der Waals surface area (Å²) >= 11 is 0. The van der Waals surface area contributed by atoms with E-state index >= 15 is 0 Å². The van der Waals surface area contributed by atoms with E-state index in [4.69, 9.17) is 0 Å². The number of piperidine rings is 1. The van der Waals surface area contributed by atoms with Crippen LogP contribution in [0.4, 0.5) is 0 Å². The Hall–Kier alpha value is -0.860. The Kier molecular flexibility index (Phi) is 5.41. The number of likely N-dealkylation sites (tertiary alicyclic amines) is 1. The van der Waals surface area contributed by atoms with Crippen LogP contribution in [-0.4, -0.2) is 28.7 Å². The van der Waals surface area contributed by atoms with Gasteiger partial charge in [-0.15, -0.1) is 0 Å². The zero-order valence-corrected chi connectivity index (χ0v) is 12.3. The molecule has 0 spiro atoms. The van der Waals surface area contributed by atoms with Crippen LogP contribution in [0.15, 0.2) is 30.3 Å². The molecule has 1 aromatic carbocycles. The lowest BCUT2D eigenvalue weighted by atomic mass is 9.90. The van der Waals surface area contributed by atoms with Gasteiger partial charge < -0.3 is 5.11 Å². The molecule has 2 nitrogen and oxygen atoms in total. The molecule has 0 aromatic heterocycles. The molecule has 2 rings (SSSR count).